The Bertz CT molecular complexity index is 397. The maximum atomic E-state index is 9.08. The molecule has 0 spiro atoms. The third kappa shape index (κ3) is 4.60. The van der Waals surface area contributed by atoms with Gasteiger partial charge in [0.05, 0.1) is 6.10 Å². The molecule has 0 bridgehead atoms. The molecule has 5 heteroatoms. The normalized spacial score (nSPS) is 20.1. The number of hydrogen-bond donors (Lipinski definition) is 2. The van der Waals surface area contributed by atoms with Gasteiger partial charge in [0.1, 0.15) is 0 Å². The first-order valence-electron chi connectivity index (χ1n) is 7.48. The summed E-state index contributed by atoms with van der Waals surface area (Å²) in [6.45, 7) is 5.98. The monoisotopic (exact) mass is 277 g/mol. The van der Waals surface area contributed by atoms with Crippen LogP contribution in [0.2, 0.25) is 0 Å². The fourth-order valence-corrected chi connectivity index (χ4v) is 2.63. The lowest BCUT2D eigenvalue weighted by molar-refractivity contribution is -0.00222. The van der Waals surface area contributed by atoms with Gasteiger partial charge in [0.15, 0.2) is 0 Å². The van der Waals surface area contributed by atoms with Gasteiger partial charge in [-0.15, -0.1) is 0 Å². The van der Waals surface area contributed by atoms with E-state index in [1.807, 2.05) is 12.1 Å². The van der Waals surface area contributed by atoms with E-state index in [-0.39, 0.29) is 0 Å². The van der Waals surface area contributed by atoms with Crippen LogP contribution in [0.1, 0.15) is 31.7 Å². The minimum atomic E-state index is -1.38. The summed E-state index contributed by atoms with van der Waals surface area (Å²) < 4.78 is 5.84. The van der Waals surface area contributed by atoms with Crippen LogP contribution in [0.25, 0.3) is 0 Å². The van der Waals surface area contributed by atoms with Crippen molar-refractivity contribution in [1.29, 1.82) is 0 Å². The van der Waals surface area contributed by atoms with Gasteiger partial charge in [-0.2, -0.15) is 0 Å². The van der Waals surface area contributed by atoms with E-state index in [2.05, 4.69) is 11.8 Å². The Morgan fingerprint density at radius 3 is 2.70 bits per heavy atom. The van der Waals surface area contributed by atoms with Crippen LogP contribution in [0.4, 0.5) is 0 Å². The molecule has 1 atom stereocenters. The van der Waals surface area contributed by atoms with Gasteiger partial charge >= 0.3 is 7.12 Å². The largest absolute Gasteiger partial charge is 0.488 e. The highest BCUT2D eigenvalue weighted by Gasteiger charge is 2.20. The fraction of sp³-hybridized carbons (Fsp3) is 0.600. The van der Waals surface area contributed by atoms with Crippen LogP contribution in [-0.4, -0.2) is 47.9 Å². The van der Waals surface area contributed by atoms with Crippen molar-refractivity contribution in [2.45, 2.75) is 38.8 Å². The Labute approximate surface area is 121 Å². The van der Waals surface area contributed by atoms with E-state index in [9.17, 15) is 0 Å². The Hall–Kier alpha value is -0.875. The van der Waals surface area contributed by atoms with Gasteiger partial charge in [-0.25, -0.2) is 0 Å². The highest BCUT2D eigenvalue weighted by atomic mass is 16.5. The number of nitrogens with zero attached hydrogens (tertiary/aromatic N) is 1. The van der Waals surface area contributed by atoms with E-state index in [0.29, 0.717) is 11.6 Å². The molecule has 110 valence electrons. The summed E-state index contributed by atoms with van der Waals surface area (Å²) in [5, 5.41) is 18.2. The van der Waals surface area contributed by atoms with E-state index in [4.69, 9.17) is 14.8 Å². The predicted molar refractivity (Wildman–Crippen MR) is 80.8 cm³/mol. The smallest absolute Gasteiger partial charge is 0.423 e. The first-order valence-corrected chi connectivity index (χ1v) is 7.48. The van der Waals surface area contributed by atoms with Gasteiger partial charge in [-0.05, 0) is 36.8 Å². The first-order chi connectivity index (χ1) is 9.69. The van der Waals surface area contributed by atoms with Gasteiger partial charge in [-0.3, -0.25) is 4.90 Å². The highest BCUT2D eigenvalue weighted by Crippen LogP contribution is 2.16. The second-order valence-electron chi connectivity index (χ2n) is 5.49. The van der Waals surface area contributed by atoms with E-state index >= 15 is 0 Å². The van der Waals surface area contributed by atoms with Crippen LogP contribution in [-0.2, 0) is 11.3 Å². The Morgan fingerprint density at radius 2 is 2.05 bits per heavy atom. The van der Waals surface area contributed by atoms with Crippen molar-refractivity contribution in [1.82, 2.24) is 4.90 Å². The zero-order chi connectivity index (χ0) is 14.4. The summed E-state index contributed by atoms with van der Waals surface area (Å²) in [6.07, 6.45) is 3.78. The molecule has 1 aliphatic rings. The van der Waals surface area contributed by atoms with Gasteiger partial charge in [-0.1, -0.05) is 31.2 Å². The third-order valence-electron chi connectivity index (χ3n) is 3.70. The second kappa shape index (κ2) is 7.79. The molecule has 0 amide bonds. The Kier molecular flexibility index (Phi) is 6.04. The minimum Gasteiger partial charge on any atom is -0.423 e. The molecule has 0 aliphatic carbocycles. The number of hydrogen-bond acceptors (Lipinski definition) is 4. The van der Waals surface area contributed by atoms with Crippen LogP contribution < -0.4 is 5.46 Å². The van der Waals surface area contributed by atoms with Gasteiger partial charge in [0.2, 0.25) is 0 Å². The number of piperidine rings is 1. The molecular formula is C15H24BNO3. The lowest BCUT2D eigenvalue weighted by atomic mass is 9.80. The van der Waals surface area contributed by atoms with Crippen LogP contribution in [0.5, 0.6) is 0 Å². The first kappa shape index (κ1) is 15.5. The Balaban J connectivity index is 1.85. The molecule has 4 nitrogen and oxygen atoms in total. The summed E-state index contributed by atoms with van der Waals surface area (Å²) in [5.41, 5.74) is 1.74. The quantitative estimate of drug-likeness (QED) is 0.754. The zero-order valence-corrected chi connectivity index (χ0v) is 12.2. The fourth-order valence-electron chi connectivity index (χ4n) is 2.63. The molecule has 1 aromatic carbocycles. The number of ether oxygens (including phenoxy) is 1. The maximum Gasteiger partial charge on any atom is 0.488 e. The molecule has 2 N–H and O–H groups in total. The lowest BCUT2D eigenvalue weighted by Gasteiger charge is -2.32. The molecule has 1 aromatic rings. The third-order valence-corrected chi connectivity index (χ3v) is 3.70. The van der Waals surface area contributed by atoms with Crippen LogP contribution in [0.3, 0.4) is 0 Å². The molecule has 0 radical (unpaired) electrons. The summed E-state index contributed by atoms with van der Waals surface area (Å²) in [4.78, 5) is 2.41. The summed E-state index contributed by atoms with van der Waals surface area (Å²) in [7, 11) is -1.38. The standard InChI is InChI=1S/C15H24BNO3/c1-2-10-20-15-4-3-9-17(12-15)11-13-5-7-14(8-6-13)16(18)19/h5-8,15,18-19H,2-4,9-12H2,1H3. The van der Waals surface area contributed by atoms with Crippen molar-refractivity contribution < 1.29 is 14.8 Å². The maximum absolute atomic E-state index is 9.08. The Morgan fingerprint density at radius 1 is 1.30 bits per heavy atom. The van der Waals surface area contributed by atoms with Crippen molar-refractivity contribution in [3.05, 3.63) is 29.8 Å². The van der Waals surface area contributed by atoms with Crippen molar-refractivity contribution >= 4 is 12.6 Å². The second-order valence-corrected chi connectivity index (χ2v) is 5.49. The number of likely N-dealkylation sites (tertiary alicyclic amines) is 1. The van der Waals surface area contributed by atoms with E-state index in [0.717, 1.165) is 39.1 Å². The van der Waals surface area contributed by atoms with Crippen LogP contribution in [0.15, 0.2) is 24.3 Å². The average molecular weight is 277 g/mol. The van der Waals surface area contributed by atoms with Gasteiger partial charge in [0.25, 0.3) is 0 Å². The molecule has 0 aromatic heterocycles. The van der Waals surface area contributed by atoms with Crippen molar-refractivity contribution in [3.63, 3.8) is 0 Å². The number of rotatable bonds is 6. The van der Waals surface area contributed by atoms with Gasteiger partial charge in [0, 0.05) is 19.7 Å². The zero-order valence-electron chi connectivity index (χ0n) is 12.2. The van der Waals surface area contributed by atoms with E-state index < -0.39 is 7.12 Å². The molecule has 1 unspecified atom stereocenters. The molecule has 20 heavy (non-hydrogen) atoms. The van der Waals surface area contributed by atoms with Crippen molar-refractivity contribution in [3.8, 4) is 0 Å². The summed E-state index contributed by atoms with van der Waals surface area (Å²) in [5.74, 6) is 0. The molecule has 1 aliphatic heterocycles. The average Bonchev–Trinajstić information content (AvgIpc) is 2.46. The highest BCUT2D eigenvalue weighted by molar-refractivity contribution is 6.58. The minimum absolute atomic E-state index is 0.363. The molecule has 1 fully saturated rings. The molecule has 1 heterocycles. The van der Waals surface area contributed by atoms with E-state index in [1.165, 1.54) is 12.0 Å². The van der Waals surface area contributed by atoms with Crippen LogP contribution >= 0.6 is 0 Å². The molecular weight excluding hydrogens is 253 g/mol. The summed E-state index contributed by atoms with van der Waals surface area (Å²) in [6, 6.07) is 7.47. The molecule has 0 saturated carbocycles. The van der Waals surface area contributed by atoms with E-state index in [1.54, 1.807) is 12.1 Å². The predicted octanol–water partition coefficient (Wildman–Crippen LogP) is 0.757. The summed E-state index contributed by atoms with van der Waals surface area (Å²) >= 11 is 0. The SMILES string of the molecule is CCCOC1CCCN(Cc2ccc(B(O)O)cc2)C1. The molecule has 2 rings (SSSR count). The van der Waals surface area contributed by atoms with Gasteiger partial charge < -0.3 is 14.8 Å². The van der Waals surface area contributed by atoms with Crippen molar-refractivity contribution in [2.75, 3.05) is 19.7 Å². The lowest BCUT2D eigenvalue weighted by Crippen LogP contribution is -2.39. The van der Waals surface area contributed by atoms with Crippen LogP contribution in [0, 0.1) is 0 Å². The van der Waals surface area contributed by atoms with Crippen molar-refractivity contribution in [2.24, 2.45) is 0 Å². The topological polar surface area (TPSA) is 52.9 Å². The molecule has 1 saturated heterocycles. The number of benzene rings is 1.